The van der Waals surface area contributed by atoms with Gasteiger partial charge < -0.3 is 9.47 Å². The van der Waals surface area contributed by atoms with E-state index >= 15 is 0 Å². The fourth-order valence-electron chi connectivity index (χ4n) is 2.18. The second-order valence-corrected chi connectivity index (χ2v) is 5.28. The van der Waals surface area contributed by atoms with Gasteiger partial charge in [0.1, 0.15) is 17.5 Å². The molecule has 122 valence electrons. The van der Waals surface area contributed by atoms with Gasteiger partial charge in [-0.15, -0.1) is 0 Å². The summed E-state index contributed by atoms with van der Waals surface area (Å²) in [5.74, 6) is 7.92. The maximum absolute atomic E-state index is 9.20. The van der Waals surface area contributed by atoms with Crippen LogP contribution in [0.5, 0.6) is 11.5 Å². The number of rotatable bonds is 5. The molecule has 0 amide bonds. The standard InChI is InChI=1S/C20H20N2O2/c1-22(15-21)18(14-17-7-12-20(24-3)13-8-17)9-4-16-5-10-19(23-2)11-6-16/h5-8,10-13,18H,14H2,1-3H3. The predicted molar refractivity (Wildman–Crippen MR) is 93.7 cm³/mol. The molecule has 0 bridgehead atoms. The molecule has 0 aliphatic heterocycles. The zero-order valence-corrected chi connectivity index (χ0v) is 14.1. The molecule has 0 heterocycles. The summed E-state index contributed by atoms with van der Waals surface area (Å²) in [6, 6.07) is 15.2. The van der Waals surface area contributed by atoms with Crippen LogP contribution in [0, 0.1) is 23.3 Å². The Morgan fingerprint density at radius 3 is 2.00 bits per heavy atom. The van der Waals surface area contributed by atoms with Crippen molar-refractivity contribution in [1.82, 2.24) is 4.90 Å². The van der Waals surface area contributed by atoms with Crippen LogP contribution in [-0.2, 0) is 6.42 Å². The van der Waals surface area contributed by atoms with Gasteiger partial charge in [-0.2, -0.15) is 5.26 Å². The highest BCUT2D eigenvalue weighted by atomic mass is 16.5. The van der Waals surface area contributed by atoms with E-state index < -0.39 is 0 Å². The molecule has 0 N–H and O–H groups in total. The first-order valence-electron chi connectivity index (χ1n) is 7.57. The molecule has 24 heavy (non-hydrogen) atoms. The maximum Gasteiger partial charge on any atom is 0.180 e. The van der Waals surface area contributed by atoms with Crippen LogP contribution in [0.1, 0.15) is 11.1 Å². The zero-order chi connectivity index (χ0) is 17.4. The molecule has 4 heteroatoms. The summed E-state index contributed by atoms with van der Waals surface area (Å²) >= 11 is 0. The van der Waals surface area contributed by atoms with Crippen molar-refractivity contribution < 1.29 is 9.47 Å². The molecule has 0 aromatic heterocycles. The molecule has 4 nitrogen and oxygen atoms in total. The summed E-state index contributed by atoms with van der Waals surface area (Å²) in [5, 5.41) is 9.20. The van der Waals surface area contributed by atoms with E-state index in [-0.39, 0.29) is 6.04 Å². The van der Waals surface area contributed by atoms with E-state index in [1.165, 1.54) is 0 Å². The van der Waals surface area contributed by atoms with Gasteiger partial charge in [-0.3, -0.25) is 4.90 Å². The quantitative estimate of drug-likeness (QED) is 0.482. The molecule has 0 spiro atoms. The zero-order valence-electron chi connectivity index (χ0n) is 14.1. The average molecular weight is 320 g/mol. The summed E-state index contributed by atoms with van der Waals surface area (Å²) in [6.07, 6.45) is 2.81. The summed E-state index contributed by atoms with van der Waals surface area (Å²) in [4.78, 5) is 1.57. The topological polar surface area (TPSA) is 45.5 Å². The molecular formula is C20H20N2O2. The van der Waals surface area contributed by atoms with Crippen molar-refractivity contribution in [3.05, 3.63) is 59.7 Å². The normalized spacial score (nSPS) is 10.8. The molecule has 2 aromatic carbocycles. The number of hydrogen-bond acceptors (Lipinski definition) is 4. The Labute approximate surface area is 143 Å². The molecule has 0 radical (unpaired) electrons. The van der Waals surface area contributed by atoms with E-state index in [1.54, 1.807) is 26.2 Å². The number of benzene rings is 2. The Morgan fingerprint density at radius 2 is 1.50 bits per heavy atom. The monoisotopic (exact) mass is 320 g/mol. The lowest BCUT2D eigenvalue weighted by atomic mass is 10.0. The summed E-state index contributed by atoms with van der Waals surface area (Å²) in [6.45, 7) is 0. The molecule has 0 saturated heterocycles. The van der Waals surface area contributed by atoms with Crippen LogP contribution >= 0.6 is 0 Å². The Kier molecular flexibility index (Phi) is 6.11. The SMILES string of the molecule is COc1ccc(C#CC(Cc2ccc(OC)cc2)N(C)C#N)cc1. The lowest BCUT2D eigenvalue weighted by Gasteiger charge is -2.18. The van der Waals surface area contributed by atoms with Crippen LogP contribution in [0.3, 0.4) is 0 Å². The van der Waals surface area contributed by atoms with Crippen molar-refractivity contribution in [3.63, 3.8) is 0 Å². The van der Waals surface area contributed by atoms with Crippen molar-refractivity contribution in [2.75, 3.05) is 21.3 Å². The third kappa shape index (κ3) is 4.69. The highest BCUT2D eigenvalue weighted by molar-refractivity contribution is 5.39. The van der Waals surface area contributed by atoms with E-state index in [4.69, 9.17) is 9.47 Å². The van der Waals surface area contributed by atoms with Crippen molar-refractivity contribution in [2.24, 2.45) is 0 Å². The van der Waals surface area contributed by atoms with Crippen molar-refractivity contribution >= 4 is 0 Å². The van der Waals surface area contributed by atoms with Crippen molar-refractivity contribution in [2.45, 2.75) is 12.5 Å². The molecule has 0 aliphatic rings. The number of likely N-dealkylation sites (N-methyl/N-ethyl adjacent to an activating group) is 1. The van der Waals surface area contributed by atoms with Gasteiger partial charge >= 0.3 is 0 Å². The predicted octanol–water partition coefficient (Wildman–Crippen LogP) is 3.08. The van der Waals surface area contributed by atoms with Crippen LogP contribution < -0.4 is 9.47 Å². The van der Waals surface area contributed by atoms with Gasteiger partial charge in [-0.05, 0) is 42.0 Å². The fraction of sp³-hybridized carbons (Fsp3) is 0.250. The third-order valence-electron chi connectivity index (χ3n) is 3.69. The van der Waals surface area contributed by atoms with E-state index in [2.05, 4.69) is 18.0 Å². The second kappa shape index (κ2) is 8.50. The highest BCUT2D eigenvalue weighted by Gasteiger charge is 2.11. The molecule has 0 aliphatic carbocycles. The number of nitrogens with zero attached hydrogens (tertiary/aromatic N) is 2. The fourth-order valence-corrected chi connectivity index (χ4v) is 2.18. The number of hydrogen-bond donors (Lipinski definition) is 0. The Morgan fingerprint density at radius 1 is 0.958 bits per heavy atom. The lowest BCUT2D eigenvalue weighted by Crippen LogP contribution is -2.28. The molecule has 0 saturated carbocycles. The third-order valence-corrected chi connectivity index (χ3v) is 3.69. The maximum atomic E-state index is 9.20. The largest absolute Gasteiger partial charge is 0.497 e. The number of methoxy groups -OCH3 is 2. The van der Waals surface area contributed by atoms with Gasteiger partial charge in [0, 0.05) is 19.0 Å². The van der Waals surface area contributed by atoms with Gasteiger partial charge in [-0.1, -0.05) is 24.0 Å². The minimum absolute atomic E-state index is 0.189. The Bertz CT molecular complexity index is 749. The van der Waals surface area contributed by atoms with Crippen LogP contribution in [0.15, 0.2) is 48.5 Å². The van der Waals surface area contributed by atoms with Gasteiger partial charge in [0.15, 0.2) is 6.19 Å². The van der Waals surface area contributed by atoms with E-state index in [0.29, 0.717) is 6.42 Å². The Balaban J connectivity index is 2.16. The van der Waals surface area contributed by atoms with E-state index in [1.807, 2.05) is 48.5 Å². The first-order valence-corrected chi connectivity index (χ1v) is 7.57. The van der Waals surface area contributed by atoms with Gasteiger partial charge in [0.05, 0.1) is 14.2 Å². The minimum atomic E-state index is -0.189. The summed E-state index contributed by atoms with van der Waals surface area (Å²) in [7, 11) is 5.02. The first kappa shape index (κ1) is 17.2. The van der Waals surface area contributed by atoms with Crippen LogP contribution in [0.2, 0.25) is 0 Å². The smallest absolute Gasteiger partial charge is 0.180 e. The molecule has 2 rings (SSSR count). The van der Waals surface area contributed by atoms with Crippen LogP contribution in [0.4, 0.5) is 0 Å². The van der Waals surface area contributed by atoms with Crippen molar-refractivity contribution in [1.29, 1.82) is 5.26 Å². The van der Waals surface area contributed by atoms with Gasteiger partial charge in [-0.25, -0.2) is 0 Å². The molecule has 1 unspecified atom stereocenters. The summed E-state index contributed by atoms with van der Waals surface area (Å²) < 4.78 is 10.3. The first-order chi connectivity index (χ1) is 11.7. The highest BCUT2D eigenvalue weighted by Crippen LogP contribution is 2.14. The number of ether oxygens (including phenoxy) is 2. The van der Waals surface area contributed by atoms with Gasteiger partial charge in [0.25, 0.3) is 0 Å². The Hall–Kier alpha value is -3.11. The molecular weight excluding hydrogens is 300 g/mol. The second-order valence-electron chi connectivity index (χ2n) is 5.28. The van der Waals surface area contributed by atoms with Gasteiger partial charge in [0.2, 0.25) is 0 Å². The van der Waals surface area contributed by atoms with E-state index in [9.17, 15) is 5.26 Å². The minimum Gasteiger partial charge on any atom is -0.497 e. The average Bonchev–Trinajstić information content (AvgIpc) is 2.65. The molecule has 0 fully saturated rings. The lowest BCUT2D eigenvalue weighted by molar-refractivity contribution is 0.406. The summed E-state index contributed by atoms with van der Waals surface area (Å²) in [5.41, 5.74) is 1.99. The van der Waals surface area contributed by atoms with Crippen molar-refractivity contribution in [3.8, 4) is 29.5 Å². The molecule has 2 aromatic rings. The van der Waals surface area contributed by atoms with E-state index in [0.717, 1.165) is 22.6 Å². The number of nitriles is 1. The molecule has 1 atom stereocenters. The van der Waals surface area contributed by atoms with Crippen LogP contribution in [0.25, 0.3) is 0 Å². The van der Waals surface area contributed by atoms with Crippen LogP contribution in [-0.4, -0.2) is 32.2 Å².